The Kier molecular flexibility index (Phi) is 12.4. The number of hydrogen-bond acceptors (Lipinski definition) is 11. The van der Waals surface area contributed by atoms with E-state index in [1.54, 1.807) is 7.11 Å². The number of benzene rings is 3. The first-order chi connectivity index (χ1) is 22.0. The molecule has 45 heavy (non-hydrogen) atoms. The molecule has 2 heterocycles. The van der Waals surface area contributed by atoms with Crippen LogP contribution in [-0.2, 0) is 53.0 Å². The van der Waals surface area contributed by atoms with Crippen molar-refractivity contribution in [3.05, 3.63) is 108 Å². The zero-order valence-corrected chi connectivity index (χ0v) is 25.1. The van der Waals surface area contributed by atoms with Crippen LogP contribution < -0.4 is 0 Å². The van der Waals surface area contributed by atoms with Crippen molar-refractivity contribution in [1.82, 2.24) is 0 Å². The first-order valence-electron chi connectivity index (χ1n) is 15.1. The Morgan fingerprint density at radius 3 is 1.67 bits per heavy atom. The van der Waals surface area contributed by atoms with Crippen molar-refractivity contribution in [2.24, 2.45) is 0 Å². The van der Waals surface area contributed by atoms with Gasteiger partial charge >= 0.3 is 0 Å². The lowest BCUT2D eigenvalue weighted by atomic mass is 9.96. The van der Waals surface area contributed by atoms with Gasteiger partial charge in [0.15, 0.2) is 12.6 Å². The second kappa shape index (κ2) is 16.7. The van der Waals surface area contributed by atoms with Crippen LogP contribution in [0.25, 0.3) is 0 Å². The third kappa shape index (κ3) is 8.73. The van der Waals surface area contributed by atoms with Crippen molar-refractivity contribution in [3.8, 4) is 0 Å². The predicted molar refractivity (Wildman–Crippen MR) is 160 cm³/mol. The van der Waals surface area contributed by atoms with E-state index in [2.05, 4.69) is 0 Å². The molecule has 0 saturated carbocycles. The smallest absolute Gasteiger partial charge is 0.187 e. The zero-order chi connectivity index (χ0) is 31.6. The Morgan fingerprint density at radius 1 is 0.600 bits per heavy atom. The predicted octanol–water partition coefficient (Wildman–Crippen LogP) is 1.93. The van der Waals surface area contributed by atoms with E-state index in [4.69, 9.17) is 33.2 Å². The number of methoxy groups -OCH3 is 1. The van der Waals surface area contributed by atoms with Gasteiger partial charge in [-0.15, -0.1) is 0 Å². The molecule has 4 N–H and O–H groups in total. The number of rotatable bonds is 14. The Hall–Kier alpha value is -2.78. The van der Waals surface area contributed by atoms with Crippen LogP contribution in [0, 0.1) is 0 Å². The van der Waals surface area contributed by atoms with Crippen LogP contribution in [0.4, 0.5) is 0 Å². The molecule has 0 radical (unpaired) electrons. The summed E-state index contributed by atoms with van der Waals surface area (Å²) >= 11 is 0. The minimum Gasteiger partial charge on any atom is -0.394 e. The van der Waals surface area contributed by atoms with Crippen LogP contribution in [0.3, 0.4) is 0 Å². The second-order valence-electron chi connectivity index (χ2n) is 11.1. The lowest BCUT2D eigenvalue weighted by molar-refractivity contribution is -0.365. The van der Waals surface area contributed by atoms with Crippen LogP contribution in [0.5, 0.6) is 0 Å². The van der Waals surface area contributed by atoms with E-state index in [1.807, 2.05) is 91.0 Å². The third-order valence-corrected chi connectivity index (χ3v) is 7.96. The maximum Gasteiger partial charge on any atom is 0.187 e. The van der Waals surface area contributed by atoms with Crippen molar-refractivity contribution < 1.29 is 53.6 Å². The summed E-state index contributed by atoms with van der Waals surface area (Å²) in [5.74, 6) is 0. The van der Waals surface area contributed by atoms with E-state index in [-0.39, 0.29) is 19.8 Å². The van der Waals surface area contributed by atoms with E-state index in [9.17, 15) is 20.4 Å². The molecular weight excluding hydrogens is 584 g/mol. The summed E-state index contributed by atoms with van der Waals surface area (Å²) < 4.78 is 43.0. The molecule has 0 aromatic heterocycles. The van der Waals surface area contributed by atoms with Gasteiger partial charge in [-0.25, -0.2) is 0 Å². The maximum atomic E-state index is 10.8. The van der Waals surface area contributed by atoms with E-state index < -0.39 is 68.0 Å². The van der Waals surface area contributed by atoms with Gasteiger partial charge in [0.05, 0.1) is 33.0 Å². The monoisotopic (exact) mass is 626 g/mol. The molecule has 10 atom stereocenters. The van der Waals surface area contributed by atoms with E-state index in [0.717, 1.165) is 16.7 Å². The summed E-state index contributed by atoms with van der Waals surface area (Å²) in [5, 5.41) is 41.2. The molecule has 3 aromatic carbocycles. The van der Waals surface area contributed by atoms with Gasteiger partial charge in [-0.1, -0.05) is 91.0 Å². The number of hydrogen-bond donors (Lipinski definition) is 4. The van der Waals surface area contributed by atoms with Gasteiger partial charge in [-0.3, -0.25) is 0 Å². The van der Waals surface area contributed by atoms with Gasteiger partial charge in [0.25, 0.3) is 0 Å². The first kappa shape index (κ1) is 33.6. The van der Waals surface area contributed by atoms with Gasteiger partial charge in [0, 0.05) is 7.11 Å². The number of ether oxygens (including phenoxy) is 7. The maximum absolute atomic E-state index is 10.8. The fourth-order valence-electron chi connectivity index (χ4n) is 5.56. The molecule has 244 valence electrons. The van der Waals surface area contributed by atoms with Crippen LogP contribution in [0.15, 0.2) is 91.0 Å². The lowest BCUT2D eigenvalue weighted by Crippen LogP contribution is -2.65. The number of aliphatic hydroxyl groups excluding tert-OH is 4. The Balaban J connectivity index is 1.41. The van der Waals surface area contributed by atoms with Gasteiger partial charge in [0.2, 0.25) is 0 Å². The summed E-state index contributed by atoms with van der Waals surface area (Å²) in [6.45, 7) is 0.299. The standard InChI is InChI=1S/C34H42O11/c1-39-31-30(41-19-23-13-7-3-8-14-23)26(21-40-18-22-11-5-2-6-12-22)44-34(32(31)42-20-24-15-9-4-10-16-24)45-29-25(17-35)43-33(38)28(37)27(29)36/h2-16,25-38H,17-21H2,1H3/t25-,26-,27-,28-,29+,30+,31+,32-,33+,34+/m1/s1. The number of aliphatic hydroxyl groups is 4. The lowest BCUT2D eigenvalue weighted by Gasteiger charge is -2.48. The molecule has 0 spiro atoms. The van der Waals surface area contributed by atoms with E-state index >= 15 is 0 Å². The van der Waals surface area contributed by atoms with Gasteiger partial charge in [-0.05, 0) is 16.7 Å². The highest BCUT2D eigenvalue weighted by Crippen LogP contribution is 2.33. The normalized spacial score (nSPS) is 31.9. The van der Waals surface area contributed by atoms with E-state index in [1.165, 1.54) is 0 Å². The molecule has 0 aliphatic carbocycles. The van der Waals surface area contributed by atoms with Crippen LogP contribution in [0.2, 0.25) is 0 Å². The van der Waals surface area contributed by atoms with Crippen molar-refractivity contribution in [1.29, 1.82) is 0 Å². The summed E-state index contributed by atoms with van der Waals surface area (Å²) in [6, 6.07) is 29.0. The highest BCUT2D eigenvalue weighted by molar-refractivity contribution is 5.15. The van der Waals surface area contributed by atoms with Gasteiger partial charge < -0.3 is 53.6 Å². The van der Waals surface area contributed by atoms with Gasteiger partial charge in [-0.2, -0.15) is 0 Å². The Bertz CT molecular complexity index is 1250. The largest absolute Gasteiger partial charge is 0.394 e. The average molecular weight is 627 g/mol. The molecule has 0 bridgehead atoms. The summed E-state index contributed by atoms with van der Waals surface area (Å²) in [5.41, 5.74) is 2.84. The molecule has 2 aliphatic rings. The molecule has 11 nitrogen and oxygen atoms in total. The topological polar surface area (TPSA) is 146 Å². The van der Waals surface area contributed by atoms with E-state index in [0.29, 0.717) is 6.61 Å². The van der Waals surface area contributed by atoms with Crippen molar-refractivity contribution in [2.45, 2.75) is 81.2 Å². The molecule has 0 amide bonds. The van der Waals surface area contributed by atoms with Crippen LogP contribution in [0.1, 0.15) is 16.7 Å². The highest BCUT2D eigenvalue weighted by atomic mass is 16.7. The van der Waals surface area contributed by atoms with Crippen LogP contribution in [-0.4, -0.2) is 102 Å². The van der Waals surface area contributed by atoms with Gasteiger partial charge in [0.1, 0.15) is 48.8 Å². The SMILES string of the molecule is CO[C@H]1[C@@H](OCc2ccccc2)[C@@H](COCc2ccccc2)O[C@@H](O[C@@H]2[C@H](O)[C@@H](O)[C@@H](O)O[C@@H]2CO)[C@@H]1OCc1ccccc1. The summed E-state index contributed by atoms with van der Waals surface area (Å²) in [4.78, 5) is 0. The molecule has 0 unspecified atom stereocenters. The third-order valence-electron chi connectivity index (χ3n) is 7.96. The minimum absolute atomic E-state index is 0.105. The highest BCUT2D eigenvalue weighted by Gasteiger charge is 2.52. The molecule has 2 fully saturated rings. The summed E-state index contributed by atoms with van der Waals surface area (Å²) in [6.07, 6.45) is -11.6. The summed E-state index contributed by atoms with van der Waals surface area (Å²) in [7, 11) is 1.54. The molecule has 2 saturated heterocycles. The van der Waals surface area contributed by atoms with Crippen molar-refractivity contribution in [3.63, 3.8) is 0 Å². The zero-order valence-electron chi connectivity index (χ0n) is 25.1. The quantitative estimate of drug-likeness (QED) is 0.208. The van der Waals surface area contributed by atoms with Crippen LogP contribution >= 0.6 is 0 Å². The fraction of sp³-hybridized carbons (Fsp3) is 0.471. The minimum atomic E-state index is -1.70. The average Bonchev–Trinajstić information content (AvgIpc) is 3.08. The first-order valence-corrected chi connectivity index (χ1v) is 15.1. The Labute approximate surface area is 262 Å². The molecule has 5 rings (SSSR count). The molecule has 11 heteroatoms. The second-order valence-corrected chi connectivity index (χ2v) is 11.1. The Morgan fingerprint density at radius 2 is 1.13 bits per heavy atom. The molecule has 2 aliphatic heterocycles. The molecule has 3 aromatic rings. The van der Waals surface area contributed by atoms with Crippen molar-refractivity contribution in [2.75, 3.05) is 20.3 Å². The molecular formula is C34H42O11. The fourth-order valence-corrected chi connectivity index (χ4v) is 5.56. The van der Waals surface area contributed by atoms with Crippen molar-refractivity contribution >= 4 is 0 Å².